The van der Waals surface area contributed by atoms with Gasteiger partial charge in [-0.25, -0.2) is 0 Å². The van der Waals surface area contributed by atoms with Crippen LogP contribution >= 0.6 is 0 Å². The standard InChI is InChI=1S/C18H32O16/c19-1-4-7(22)8(23)12(27)17(31-4)34-15-6(3-21)32-18(13(28)10(15)25)33-14-5(2-20)30-16(29)11(26)9(14)24/h4-29H,1-3H2/t4-,5-,6-,7+,8+,9-,10-,11-,12-,13-,14-,15+,16-,17+,18-/m1/s1. The first kappa shape index (κ1) is 27.9. The van der Waals surface area contributed by atoms with Gasteiger partial charge in [-0.2, -0.15) is 0 Å². The molecule has 0 spiro atoms. The Kier molecular flexibility index (Phi) is 9.54. The Labute approximate surface area is 192 Å². The molecule has 0 saturated carbocycles. The van der Waals surface area contributed by atoms with Gasteiger partial charge in [0.15, 0.2) is 18.9 Å². The van der Waals surface area contributed by atoms with E-state index >= 15 is 0 Å². The summed E-state index contributed by atoms with van der Waals surface area (Å²) in [5.74, 6) is 0. The van der Waals surface area contributed by atoms with Crippen LogP contribution < -0.4 is 0 Å². The third-order valence-electron chi connectivity index (χ3n) is 6.09. The van der Waals surface area contributed by atoms with Gasteiger partial charge in [0, 0.05) is 0 Å². The lowest BCUT2D eigenvalue weighted by Gasteiger charge is -2.47. The zero-order valence-corrected chi connectivity index (χ0v) is 17.7. The quantitative estimate of drug-likeness (QED) is 0.154. The van der Waals surface area contributed by atoms with Gasteiger partial charge in [0.2, 0.25) is 0 Å². The lowest BCUT2D eigenvalue weighted by molar-refractivity contribution is -0.377. The van der Waals surface area contributed by atoms with E-state index in [0.717, 1.165) is 0 Å². The van der Waals surface area contributed by atoms with Gasteiger partial charge in [0.1, 0.15) is 73.2 Å². The molecule has 15 atom stereocenters. The molecule has 16 heteroatoms. The second kappa shape index (κ2) is 11.6. The van der Waals surface area contributed by atoms with Crippen molar-refractivity contribution in [1.82, 2.24) is 0 Å². The lowest BCUT2D eigenvalue weighted by atomic mass is 9.96. The topological polar surface area (TPSA) is 269 Å². The number of ether oxygens (including phenoxy) is 5. The van der Waals surface area contributed by atoms with Crippen LogP contribution in [-0.4, -0.2) is 168 Å². The van der Waals surface area contributed by atoms with E-state index in [-0.39, 0.29) is 0 Å². The van der Waals surface area contributed by atoms with E-state index in [0.29, 0.717) is 0 Å². The first-order valence-electron chi connectivity index (χ1n) is 10.6. The Morgan fingerprint density at radius 3 is 1.35 bits per heavy atom. The predicted octanol–water partition coefficient (Wildman–Crippen LogP) is -7.57. The minimum atomic E-state index is -1.91. The lowest BCUT2D eigenvalue weighted by Crippen LogP contribution is -2.66. The molecule has 34 heavy (non-hydrogen) atoms. The van der Waals surface area contributed by atoms with Crippen molar-refractivity contribution in [2.24, 2.45) is 0 Å². The van der Waals surface area contributed by atoms with Gasteiger partial charge < -0.3 is 79.9 Å². The maximum atomic E-state index is 10.6. The molecule has 0 unspecified atom stereocenters. The summed E-state index contributed by atoms with van der Waals surface area (Å²) in [4.78, 5) is 0. The molecule has 0 aromatic carbocycles. The molecule has 3 aliphatic heterocycles. The zero-order chi connectivity index (χ0) is 25.3. The van der Waals surface area contributed by atoms with E-state index < -0.39 is 112 Å². The number of rotatable bonds is 7. The first-order valence-corrected chi connectivity index (χ1v) is 10.6. The van der Waals surface area contributed by atoms with Crippen LogP contribution in [0.25, 0.3) is 0 Å². The highest BCUT2D eigenvalue weighted by molar-refractivity contribution is 4.96. The minimum Gasteiger partial charge on any atom is -0.394 e. The van der Waals surface area contributed by atoms with E-state index in [4.69, 9.17) is 23.7 Å². The van der Waals surface area contributed by atoms with Crippen molar-refractivity contribution in [1.29, 1.82) is 0 Å². The van der Waals surface area contributed by atoms with Crippen molar-refractivity contribution in [2.75, 3.05) is 19.8 Å². The van der Waals surface area contributed by atoms with Crippen LogP contribution in [0.1, 0.15) is 0 Å². The summed E-state index contributed by atoms with van der Waals surface area (Å²) in [6.45, 7) is -2.32. The fourth-order valence-corrected chi connectivity index (χ4v) is 4.06. The van der Waals surface area contributed by atoms with Crippen molar-refractivity contribution >= 4 is 0 Å². The van der Waals surface area contributed by atoms with Crippen molar-refractivity contribution < 1.29 is 79.9 Å². The highest BCUT2D eigenvalue weighted by Gasteiger charge is 2.53. The summed E-state index contributed by atoms with van der Waals surface area (Å²) in [5, 5.41) is 109. The average Bonchev–Trinajstić information content (AvgIpc) is 2.83. The molecule has 16 nitrogen and oxygen atoms in total. The summed E-state index contributed by atoms with van der Waals surface area (Å²) in [6.07, 6.45) is -25.1. The van der Waals surface area contributed by atoms with Crippen molar-refractivity contribution in [2.45, 2.75) is 92.1 Å². The fourth-order valence-electron chi connectivity index (χ4n) is 4.06. The van der Waals surface area contributed by atoms with Gasteiger partial charge >= 0.3 is 0 Å². The SMILES string of the molecule is OC[C@H]1O[C@@H](O[C@@H]2[C@H](O)[C@@H](O)[C@@H](O[C@H]3[C@H](O)[C@@H](O)[C@H](O)O[C@@H]3CO)O[C@@H]2CO)[C@H](O)[C@@H](O)[C@H]1O. The molecule has 3 saturated heterocycles. The van der Waals surface area contributed by atoms with Gasteiger partial charge in [0.25, 0.3) is 0 Å². The third-order valence-corrected chi connectivity index (χ3v) is 6.09. The van der Waals surface area contributed by atoms with E-state index in [2.05, 4.69) is 0 Å². The van der Waals surface area contributed by atoms with Crippen LogP contribution in [0, 0.1) is 0 Å². The van der Waals surface area contributed by atoms with E-state index in [1.54, 1.807) is 0 Å². The van der Waals surface area contributed by atoms with Crippen molar-refractivity contribution in [3.63, 3.8) is 0 Å². The highest BCUT2D eigenvalue weighted by Crippen LogP contribution is 2.32. The van der Waals surface area contributed by atoms with Gasteiger partial charge in [0.05, 0.1) is 19.8 Å². The molecule has 0 aromatic rings. The van der Waals surface area contributed by atoms with Gasteiger partial charge in [-0.3, -0.25) is 0 Å². The largest absolute Gasteiger partial charge is 0.394 e. The van der Waals surface area contributed by atoms with Crippen molar-refractivity contribution in [3.05, 3.63) is 0 Å². The summed E-state index contributed by atoms with van der Waals surface area (Å²) in [7, 11) is 0. The van der Waals surface area contributed by atoms with E-state index in [1.165, 1.54) is 0 Å². The van der Waals surface area contributed by atoms with Crippen LogP contribution in [-0.2, 0) is 23.7 Å². The molecule has 3 aliphatic rings. The molecule has 0 aromatic heterocycles. The molecule has 0 radical (unpaired) electrons. The molecule has 0 bridgehead atoms. The van der Waals surface area contributed by atoms with Gasteiger partial charge in [-0.15, -0.1) is 0 Å². The molecular weight excluding hydrogens is 472 g/mol. The van der Waals surface area contributed by atoms with Crippen LogP contribution in [0.15, 0.2) is 0 Å². The number of hydrogen-bond donors (Lipinski definition) is 11. The summed E-state index contributed by atoms with van der Waals surface area (Å²) >= 11 is 0. The monoisotopic (exact) mass is 504 g/mol. The Hall–Kier alpha value is -0.640. The first-order chi connectivity index (χ1) is 16.0. The van der Waals surface area contributed by atoms with Crippen LogP contribution in [0.2, 0.25) is 0 Å². The van der Waals surface area contributed by atoms with Crippen molar-refractivity contribution in [3.8, 4) is 0 Å². The molecule has 11 N–H and O–H groups in total. The Morgan fingerprint density at radius 2 is 0.853 bits per heavy atom. The highest BCUT2D eigenvalue weighted by atomic mass is 16.8. The fraction of sp³-hybridized carbons (Fsp3) is 1.00. The van der Waals surface area contributed by atoms with Crippen LogP contribution in [0.5, 0.6) is 0 Å². The molecule has 3 rings (SSSR count). The number of aliphatic hydroxyl groups excluding tert-OH is 11. The Balaban J connectivity index is 1.72. The Morgan fingerprint density at radius 1 is 0.441 bits per heavy atom. The number of hydrogen-bond acceptors (Lipinski definition) is 16. The van der Waals surface area contributed by atoms with Gasteiger partial charge in [-0.1, -0.05) is 0 Å². The molecule has 3 fully saturated rings. The maximum absolute atomic E-state index is 10.6. The molecule has 0 aliphatic carbocycles. The minimum absolute atomic E-state index is 0.741. The molecule has 200 valence electrons. The second-order valence-corrected chi connectivity index (χ2v) is 8.33. The summed E-state index contributed by atoms with van der Waals surface area (Å²) in [6, 6.07) is 0. The normalized spacial score (nSPS) is 52.5. The molecule has 3 heterocycles. The van der Waals surface area contributed by atoms with Crippen LogP contribution in [0.4, 0.5) is 0 Å². The van der Waals surface area contributed by atoms with E-state index in [1.807, 2.05) is 0 Å². The third kappa shape index (κ3) is 5.37. The van der Waals surface area contributed by atoms with E-state index in [9.17, 15) is 56.2 Å². The molecule has 0 amide bonds. The summed E-state index contributed by atoms with van der Waals surface area (Å²) < 4.78 is 26.4. The maximum Gasteiger partial charge on any atom is 0.187 e. The number of aliphatic hydroxyl groups is 11. The predicted molar refractivity (Wildman–Crippen MR) is 101 cm³/mol. The smallest absolute Gasteiger partial charge is 0.187 e. The average molecular weight is 504 g/mol. The molecular formula is C18H32O16. The summed E-state index contributed by atoms with van der Waals surface area (Å²) in [5.41, 5.74) is 0. The van der Waals surface area contributed by atoms with Gasteiger partial charge in [-0.05, 0) is 0 Å². The zero-order valence-electron chi connectivity index (χ0n) is 17.7. The van der Waals surface area contributed by atoms with Crippen LogP contribution in [0.3, 0.4) is 0 Å². The Bertz CT molecular complexity index is 635. The second-order valence-electron chi connectivity index (χ2n) is 8.33.